The van der Waals surface area contributed by atoms with Crippen LogP contribution in [-0.4, -0.2) is 24.7 Å². The number of carbonyl (C=O) groups excluding carboxylic acids is 1. The molecule has 0 saturated heterocycles. The number of benzene rings is 1. The molecule has 0 aliphatic rings. The van der Waals surface area contributed by atoms with Crippen molar-refractivity contribution in [1.82, 2.24) is 4.98 Å². The predicted molar refractivity (Wildman–Crippen MR) is 109 cm³/mol. The van der Waals surface area contributed by atoms with E-state index < -0.39 is 39.7 Å². The van der Waals surface area contributed by atoms with Crippen molar-refractivity contribution in [3.8, 4) is 17.0 Å². The lowest BCUT2D eigenvalue weighted by Gasteiger charge is -2.13. The Labute approximate surface area is 176 Å². The molecule has 29 heavy (non-hydrogen) atoms. The number of nitrogens with two attached hydrogens (primary N) is 1. The van der Waals surface area contributed by atoms with Crippen LogP contribution in [0.5, 0.6) is 5.75 Å². The van der Waals surface area contributed by atoms with Gasteiger partial charge >= 0.3 is 5.97 Å². The van der Waals surface area contributed by atoms with Crippen LogP contribution in [-0.2, 0) is 4.74 Å². The van der Waals surface area contributed by atoms with Crippen molar-refractivity contribution in [2.45, 2.75) is 13.8 Å². The van der Waals surface area contributed by atoms with Crippen LogP contribution in [0.3, 0.4) is 0 Å². The first-order chi connectivity index (χ1) is 13.7. The predicted octanol–water partition coefficient (Wildman–Crippen LogP) is 5.60. The second-order valence-electron chi connectivity index (χ2n) is 5.91. The highest BCUT2D eigenvalue weighted by Gasteiger charge is 2.26. The van der Waals surface area contributed by atoms with E-state index in [1.165, 1.54) is 19.2 Å². The highest BCUT2D eigenvalue weighted by Crippen LogP contribution is 2.38. The van der Waals surface area contributed by atoms with Gasteiger partial charge in [0.05, 0.1) is 22.8 Å². The number of ether oxygens (including phenoxy) is 2. The number of rotatable bonds is 6. The Balaban J connectivity index is 2.51. The number of esters is 1. The highest BCUT2D eigenvalue weighted by molar-refractivity contribution is 6.36. The van der Waals surface area contributed by atoms with Gasteiger partial charge in [-0.25, -0.2) is 18.6 Å². The molecule has 0 atom stereocenters. The lowest BCUT2D eigenvalue weighted by Crippen LogP contribution is -2.13. The maximum atomic E-state index is 14.7. The average molecular weight is 443 g/mol. The van der Waals surface area contributed by atoms with Gasteiger partial charge in [-0.15, -0.1) is 0 Å². The van der Waals surface area contributed by atoms with Gasteiger partial charge in [0.2, 0.25) is 0 Å². The summed E-state index contributed by atoms with van der Waals surface area (Å²) in [5.41, 5.74) is 4.61. The third kappa shape index (κ3) is 4.86. The van der Waals surface area contributed by atoms with E-state index in [1.807, 2.05) is 13.0 Å². The van der Waals surface area contributed by atoms with Gasteiger partial charge in [-0.05, 0) is 31.6 Å². The standard InChI is InChI=1S/C20H18Cl2F2N2O3/c1-4-5-6-10(2)9-29-20(27)18-13(22)16(25)15(24)17(26-18)11-7-8-12(21)19(28-3)14(11)23/h4-8H,9H2,1-3H3,(H2,25,26). The van der Waals surface area contributed by atoms with Gasteiger partial charge in [-0.1, -0.05) is 41.4 Å². The average Bonchev–Trinajstić information content (AvgIpc) is 2.70. The Morgan fingerprint density at radius 1 is 1.28 bits per heavy atom. The number of nitrogens with zero attached hydrogens (tertiary/aromatic N) is 1. The number of aromatic nitrogens is 1. The third-order valence-corrected chi connectivity index (χ3v) is 4.50. The quantitative estimate of drug-likeness (QED) is 0.465. The lowest BCUT2D eigenvalue weighted by molar-refractivity contribution is 0.0533. The molecule has 5 nitrogen and oxygen atoms in total. The number of allylic oxidation sites excluding steroid dienone is 3. The number of hydrogen-bond donors (Lipinski definition) is 1. The van der Waals surface area contributed by atoms with E-state index in [9.17, 15) is 13.6 Å². The van der Waals surface area contributed by atoms with Crippen LogP contribution in [0.4, 0.5) is 14.5 Å². The first kappa shape index (κ1) is 22.6. The van der Waals surface area contributed by atoms with Gasteiger partial charge in [0.25, 0.3) is 0 Å². The Hall–Kier alpha value is -2.64. The van der Waals surface area contributed by atoms with Crippen LogP contribution in [0, 0.1) is 11.6 Å². The summed E-state index contributed by atoms with van der Waals surface area (Å²) >= 11 is 11.8. The highest BCUT2D eigenvalue weighted by atomic mass is 35.5. The molecule has 2 rings (SSSR count). The minimum atomic E-state index is -1.08. The number of methoxy groups -OCH3 is 1. The molecular formula is C20H18Cl2F2N2O3. The van der Waals surface area contributed by atoms with Crippen molar-refractivity contribution >= 4 is 34.9 Å². The Kier molecular flexibility index (Phi) is 7.59. The zero-order chi connectivity index (χ0) is 21.7. The second kappa shape index (κ2) is 9.71. The number of pyridine rings is 1. The molecule has 9 heteroatoms. The van der Waals surface area contributed by atoms with E-state index in [1.54, 1.807) is 19.1 Å². The maximum absolute atomic E-state index is 14.7. The summed E-state index contributed by atoms with van der Waals surface area (Å²) in [7, 11) is 1.21. The van der Waals surface area contributed by atoms with Crippen molar-refractivity contribution in [3.63, 3.8) is 0 Å². The SMILES string of the molecule is CC=CC=C(C)COC(=O)c1nc(-c2ccc(Cl)c(OC)c2F)c(F)c(N)c1Cl. The minimum absolute atomic E-state index is 0.0147. The van der Waals surface area contributed by atoms with Gasteiger partial charge in [0.1, 0.15) is 12.3 Å². The molecule has 1 heterocycles. The smallest absolute Gasteiger partial charge is 0.358 e. The monoisotopic (exact) mass is 442 g/mol. The molecule has 0 unspecified atom stereocenters. The molecule has 0 radical (unpaired) electrons. The summed E-state index contributed by atoms with van der Waals surface area (Å²) in [6.07, 6.45) is 5.34. The molecule has 0 spiro atoms. The molecule has 2 N–H and O–H groups in total. The molecule has 0 bridgehead atoms. The zero-order valence-electron chi connectivity index (χ0n) is 15.9. The first-order valence-electron chi connectivity index (χ1n) is 8.35. The van der Waals surface area contributed by atoms with Crippen LogP contribution >= 0.6 is 23.2 Å². The molecular weight excluding hydrogens is 425 g/mol. The summed E-state index contributed by atoms with van der Waals surface area (Å²) in [4.78, 5) is 16.3. The number of hydrogen-bond acceptors (Lipinski definition) is 5. The number of nitrogen functional groups attached to an aromatic ring is 1. The molecule has 0 fully saturated rings. The number of halogens is 4. The fourth-order valence-corrected chi connectivity index (χ4v) is 2.76. The van der Waals surface area contributed by atoms with Gasteiger partial charge in [0, 0.05) is 5.56 Å². The van der Waals surface area contributed by atoms with Gasteiger partial charge in [-0.3, -0.25) is 0 Å². The number of anilines is 1. The van der Waals surface area contributed by atoms with Gasteiger partial charge in [0.15, 0.2) is 23.1 Å². The van der Waals surface area contributed by atoms with E-state index in [0.29, 0.717) is 0 Å². The van der Waals surface area contributed by atoms with E-state index >= 15 is 0 Å². The molecule has 1 aromatic carbocycles. The van der Waals surface area contributed by atoms with Crippen LogP contribution in [0.15, 0.2) is 35.9 Å². The molecule has 1 aromatic heterocycles. The summed E-state index contributed by atoms with van der Waals surface area (Å²) in [5.74, 6) is -3.28. The van der Waals surface area contributed by atoms with E-state index in [0.717, 1.165) is 5.57 Å². The van der Waals surface area contributed by atoms with Crippen LogP contribution in [0.1, 0.15) is 24.3 Å². The summed E-state index contributed by atoms with van der Waals surface area (Å²) in [6, 6.07) is 2.50. The minimum Gasteiger partial charge on any atom is -0.492 e. The molecule has 0 aliphatic carbocycles. The van der Waals surface area contributed by atoms with Crippen LogP contribution in [0.25, 0.3) is 11.3 Å². The number of carbonyl (C=O) groups is 1. The third-order valence-electron chi connectivity index (χ3n) is 3.82. The van der Waals surface area contributed by atoms with Crippen molar-refractivity contribution in [2.75, 3.05) is 19.5 Å². The second-order valence-corrected chi connectivity index (χ2v) is 6.69. The molecule has 0 saturated carbocycles. The van der Waals surface area contributed by atoms with Crippen LogP contribution < -0.4 is 10.5 Å². The normalized spacial score (nSPS) is 11.8. The Bertz CT molecular complexity index is 1010. The van der Waals surface area contributed by atoms with E-state index in [-0.39, 0.29) is 22.9 Å². The van der Waals surface area contributed by atoms with Gasteiger partial charge in [-0.2, -0.15) is 0 Å². The fraction of sp³-hybridized carbons (Fsp3) is 0.200. The van der Waals surface area contributed by atoms with Gasteiger partial charge < -0.3 is 15.2 Å². The Morgan fingerprint density at radius 2 is 1.97 bits per heavy atom. The fourth-order valence-electron chi connectivity index (χ4n) is 2.33. The topological polar surface area (TPSA) is 74.4 Å². The molecule has 0 aliphatic heterocycles. The molecule has 154 valence electrons. The Morgan fingerprint density at radius 3 is 2.59 bits per heavy atom. The summed E-state index contributed by atoms with van der Waals surface area (Å²) in [6.45, 7) is 3.55. The summed E-state index contributed by atoms with van der Waals surface area (Å²) in [5, 5.41) is -0.438. The van der Waals surface area contributed by atoms with Crippen molar-refractivity contribution in [1.29, 1.82) is 0 Å². The van der Waals surface area contributed by atoms with E-state index in [4.69, 9.17) is 38.4 Å². The van der Waals surface area contributed by atoms with Crippen molar-refractivity contribution in [2.24, 2.45) is 0 Å². The largest absolute Gasteiger partial charge is 0.492 e. The van der Waals surface area contributed by atoms with Crippen molar-refractivity contribution in [3.05, 3.63) is 63.3 Å². The van der Waals surface area contributed by atoms with Crippen molar-refractivity contribution < 1.29 is 23.0 Å². The molecule has 0 amide bonds. The molecule has 2 aromatic rings. The lowest BCUT2D eigenvalue weighted by atomic mass is 10.1. The maximum Gasteiger partial charge on any atom is 0.358 e. The first-order valence-corrected chi connectivity index (χ1v) is 9.10. The van der Waals surface area contributed by atoms with Crippen LogP contribution in [0.2, 0.25) is 10.0 Å². The zero-order valence-corrected chi connectivity index (χ0v) is 17.4. The summed E-state index contributed by atoms with van der Waals surface area (Å²) < 4.78 is 39.4. The van der Waals surface area contributed by atoms with E-state index in [2.05, 4.69) is 4.98 Å².